The molecule has 2 N–H and O–H groups in total. The van der Waals surface area contributed by atoms with E-state index in [-0.39, 0.29) is 0 Å². The van der Waals surface area contributed by atoms with Crippen LogP contribution in [0.25, 0.3) is 0 Å². The quantitative estimate of drug-likeness (QED) is 0.769. The Morgan fingerprint density at radius 2 is 2.12 bits per heavy atom. The zero-order valence-electron chi connectivity index (χ0n) is 9.75. The molecule has 1 rings (SSSR count). The molecule has 16 heavy (non-hydrogen) atoms. The van der Waals surface area contributed by atoms with Crippen molar-refractivity contribution in [1.82, 2.24) is 0 Å². The standard InChI is InChI=1S/C13H17NO2/c1-4-10(9-14)8-11-6-5-7-12(15-2)13(11)16-3/h5-7H,1,8-9,14H2,2-3H3. The van der Waals surface area contributed by atoms with E-state index in [0.29, 0.717) is 13.0 Å². The molecule has 0 radical (unpaired) electrons. The lowest BCUT2D eigenvalue weighted by Crippen LogP contribution is -2.06. The van der Waals surface area contributed by atoms with Crippen molar-refractivity contribution in [2.75, 3.05) is 20.8 Å². The van der Waals surface area contributed by atoms with Gasteiger partial charge in [0, 0.05) is 18.5 Å². The Morgan fingerprint density at radius 1 is 1.38 bits per heavy atom. The monoisotopic (exact) mass is 219 g/mol. The molecule has 0 saturated carbocycles. The number of para-hydroxylation sites is 1. The van der Waals surface area contributed by atoms with Gasteiger partial charge in [0.2, 0.25) is 0 Å². The molecule has 0 bridgehead atoms. The first kappa shape index (κ1) is 12.4. The summed E-state index contributed by atoms with van der Waals surface area (Å²) in [7, 11) is 3.25. The van der Waals surface area contributed by atoms with Crippen LogP contribution >= 0.6 is 0 Å². The molecular formula is C13H17NO2. The molecule has 0 unspecified atom stereocenters. The topological polar surface area (TPSA) is 44.5 Å². The largest absolute Gasteiger partial charge is 0.493 e. The fourth-order valence-electron chi connectivity index (χ4n) is 1.53. The second kappa shape index (κ2) is 6.01. The summed E-state index contributed by atoms with van der Waals surface area (Å²) < 4.78 is 10.6. The van der Waals surface area contributed by atoms with E-state index in [1.807, 2.05) is 18.2 Å². The minimum Gasteiger partial charge on any atom is -0.493 e. The average Bonchev–Trinajstić information content (AvgIpc) is 2.35. The number of benzene rings is 1. The van der Waals surface area contributed by atoms with Crippen LogP contribution in [0.4, 0.5) is 0 Å². The van der Waals surface area contributed by atoms with Gasteiger partial charge in [0.05, 0.1) is 14.2 Å². The molecule has 0 aliphatic carbocycles. The van der Waals surface area contributed by atoms with Crippen molar-refractivity contribution in [2.24, 2.45) is 5.73 Å². The van der Waals surface area contributed by atoms with Gasteiger partial charge in [-0.1, -0.05) is 18.7 Å². The molecule has 0 saturated heterocycles. The molecule has 3 nitrogen and oxygen atoms in total. The molecule has 0 amide bonds. The van der Waals surface area contributed by atoms with E-state index in [1.54, 1.807) is 14.2 Å². The Labute approximate surface area is 96.2 Å². The molecule has 0 heterocycles. The molecule has 1 aromatic carbocycles. The van der Waals surface area contributed by atoms with Gasteiger partial charge in [-0.2, -0.15) is 0 Å². The number of hydrogen-bond acceptors (Lipinski definition) is 3. The Bertz CT molecular complexity index is 406. The normalized spacial score (nSPS) is 9.44. The average molecular weight is 219 g/mol. The van der Waals surface area contributed by atoms with Crippen LogP contribution in [0.15, 0.2) is 36.1 Å². The van der Waals surface area contributed by atoms with E-state index in [4.69, 9.17) is 15.2 Å². The summed E-state index contributed by atoms with van der Waals surface area (Å²) in [6.07, 6.45) is 0.681. The predicted octanol–water partition coefficient (Wildman–Crippen LogP) is 1.92. The zero-order chi connectivity index (χ0) is 12.0. The van der Waals surface area contributed by atoms with Gasteiger partial charge < -0.3 is 15.2 Å². The van der Waals surface area contributed by atoms with Crippen LogP contribution in [0.5, 0.6) is 11.5 Å². The zero-order valence-corrected chi connectivity index (χ0v) is 9.75. The second-order valence-electron chi connectivity index (χ2n) is 3.31. The minimum atomic E-state index is 0.448. The third-order valence-electron chi connectivity index (χ3n) is 2.38. The maximum absolute atomic E-state index is 5.58. The van der Waals surface area contributed by atoms with E-state index >= 15 is 0 Å². The van der Waals surface area contributed by atoms with Crippen molar-refractivity contribution in [3.05, 3.63) is 41.6 Å². The number of methoxy groups -OCH3 is 2. The van der Waals surface area contributed by atoms with Gasteiger partial charge in [-0.05, 0) is 11.6 Å². The number of hydrogen-bond donors (Lipinski definition) is 1. The molecule has 86 valence electrons. The highest BCUT2D eigenvalue weighted by molar-refractivity contribution is 5.48. The van der Waals surface area contributed by atoms with Crippen molar-refractivity contribution in [3.8, 4) is 11.5 Å². The predicted molar refractivity (Wildman–Crippen MR) is 65.0 cm³/mol. The van der Waals surface area contributed by atoms with Crippen LogP contribution in [0.1, 0.15) is 5.56 Å². The molecule has 3 heteroatoms. The first-order valence-electron chi connectivity index (χ1n) is 5.04. The summed E-state index contributed by atoms with van der Waals surface area (Å²) in [5.41, 5.74) is 10.4. The molecule has 0 aromatic heterocycles. The molecule has 0 spiro atoms. The summed E-state index contributed by atoms with van der Waals surface area (Å²) >= 11 is 0. The van der Waals surface area contributed by atoms with Gasteiger partial charge in [0.1, 0.15) is 0 Å². The van der Waals surface area contributed by atoms with Crippen LogP contribution in [0.3, 0.4) is 0 Å². The van der Waals surface area contributed by atoms with E-state index in [9.17, 15) is 0 Å². The first-order valence-corrected chi connectivity index (χ1v) is 5.04. The van der Waals surface area contributed by atoms with E-state index in [0.717, 1.165) is 22.6 Å². The van der Waals surface area contributed by atoms with Gasteiger partial charge in [0.25, 0.3) is 0 Å². The first-order chi connectivity index (χ1) is 7.76. The molecule has 1 aromatic rings. The Kier molecular flexibility index (Phi) is 4.65. The van der Waals surface area contributed by atoms with E-state index in [1.165, 1.54) is 0 Å². The van der Waals surface area contributed by atoms with Gasteiger partial charge in [-0.3, -0.25) is 0 Å². The fraction of sp³-hybridized carbons (Fsp3) is 0.308. The highest BCUT2D eigenvalue weighted by Gasteiger charge is 2.10. The minimum absolute atomic E-state index is 0.448. The summed E-state index contributed by atoms with van der Waals surface area (Å²) in [4.78, 5) is 0. The summed E-state index contributed by atoms with van der Waals surface area (Å²) in [5.74, 6) is 1.46. The smallest absolute Gasteiger partial charge is 0.164 e. The third kappa shape index (κ3) is 2.66. The van der Waals surface area contributed by atoms with Crippen molar-refractivity contribution in [1.29, 1.82) is 0 Å². The summed E-state index contributed by atoms with van der Waals surface area (Å²) in [5, 5.41) is 0. The number of ether oxygens (including phenoxy) is 2. The Morgan fingerprint density at radius 3 is 2.62 bits per heavy atom. The molecule has 0 atom stereocenters. The van der Waals surface area contributed by atoms with Crippen LogP contribution in [0.2, 0.25) is 0 Å². The lowest BCUT2D eigenvalue weighted by molar-refractivity contribution is 0.352. The van der Waals surface area contributed by atoms with E-state index < -0.39 is 0 Å². The highest BCUT2D eigenvalue weighted by atomic mass is 16.5. The summed E-state index contributed by atoms with van der Waals surface area (Å²) in [6, 6.07) is 5.77. The van der Waals surface area contributed by atoms with Crippen LogP contribution in [-0.2, 0) is 6.42 Å². The Balaban J connectivity index is 3.08. The highest BCUT2D eigenvalue weighted by Crippen LogP contribution is 2.31. The van der Waals surface area contributed by atoms with Crippen molar-refractivity contribution in [3.63, 3.8) is 0 Å². The molecule has 0 aliphatic rings. The SMILES string of the molecule is C=C=C(CN)Cc1cccc(OC)c1OC. The Hall–Kier alpha value is -1.70. The molecule has 0 aliphatic heterocycles. The lowest BCUT2D eigenvalue weighted by Gasteiger charge is -2.12. The van der Waals surface area contributed by atoms with Crippen LogP contribution in [-0.4, -0.2) is 20.8 Å². The molecule has 0 fully saturated rings. The van der Waals surface area contributed by atoms with E-state index in [2.05, 4.69) is 12.3 Å². The number of nitrogens with two attached hydrogens (primary N) is 1. The van der Waals surface area contributed by atoms with Gasteiger partial charge in [-0.15, -0.1) is 5.73 Å². The van der Waals surface area contributed by atoms with Crippen LogP contribution in [0, 0.1) is 0 Å². The summed E-state index contributed by atoms with van der Waals surface area (Å²) in [6.45, 7) is 4.06. The van der Waals surface area contributed by atoms with Crippen LogP contribution < -0.4 is 15.2 Å². The van der Waals surface area contributed by atoms with Crippen molar-refractivity contribution >= 4 is 0 Å². The van der Waals surface area contributed by atoms with Crippen molar-refractivity contribution in [2.45, 2.75) is 6.42 Å². The second-order valence-corrected chi connectivity index (χ2v) is 3.31. The lowest BCUT2D eigenvalue weighted by atomic mass is 10.0. The van der Waals surface area contributed by atoms with Gasteiger partial charge >= 0.3 is 0 Å². The fourth-order valence-corrected chi connectivity index (χ4v) is 1.53. The van der Waals surface area contributed by atoms with Crippen molar-refractivity contribution < 1.29 is 9.47 Å². The van der Waals surface area contributed by atoms with Gasteiger partial charge in [-0.25, -0.2) is 0 Å². The maximum Gasteiger partial charge on any atom is 0.164 e. The maximum atomic E-state index is 5.58. The third-order valence-corrected chi connectivity index (χ3v) is 2.38. The molecular weight excluding hydrogens is 202 g/mol. The number of rotatable bonds is 5. The van der Waals surface area contributed by atoms with Gasteiger partial charge in [0.15, 0.2) is 11.5 Å².